The summed E-state index contributed by atoms with van der Waals surface area (Å²) in [6, 6.07) is 16.1. The van der Waals surface area contributed by atoms with Gasteiger partial charge < -0.3 is 0 Å². The van der Waals surface area contributed by atoms with Crippen molar-refractivity contribution in [1.82, 2.24) is 0 Å². The fraction of sp³-hybridized carbons (Fsp3) is 0.571. The van der Waals surface area contributed by atoms with E-state index in [-0.39, 0.29) is 0 Å². The predicted molar refractivity (Wildman–Crippen MR) is 126 cm³/mol. The van der Waals surface area contributed by atoms with Crippen LogP contribution in [0.25, 0.3) is 0 Å². The van der Waals surface area contributed by atoms with Crippen molar-refractivity contribution < 1.29 is 0 Å². The topological polar surface area (TPSA) is 0 Å². The summed E-state index contributed by atoms with van der Waals surface area (Å²) in [4.78, 5) is 0. The lowest BCUT2D eigenvalue weighted by Crippen LogP contribution is -2.13. The van der Waals surface area contributed by atoms with Crippen LogP contribution in [-0.4, -0.2) is 0 Å². The number of benzene rings is 2. The molecule has 0 saturated heterocycles. The average Bonchev–Trinajstić information content (AvgIpc) is 3.58. The molecule has 0 nitrogen and oxygen atoms in total. The first-order valence-electron chi connectivity index (χ1n) is 12.1. The number of hydrogen-bond donors (Lipinski definition) is 0. The Bertz CT molecular complexity index is 771. The van der Waals surface area contributed by atoms with Gasteiger partial charge in [-0.15, -0.1) is 0 Å². The Hall–Kier alpha value is -1.27. The molecular formula is C28H37Cl. The highest BCUT2D eigenvalue weighted by Crippen LogP contribution is 2.38. The molecule has 0 N–H and O–H groups in total. The molecule has 2 saturated carbocycles. The molecule has 2 aromatic rings. The first-order valence-corrected chi connectivity index (χ1v) is 12.4. The number of rotatable bonds is 9. The second-order valence-electron chi connectivity index (χ2n) is 9.67. The molecule has 0 bridgehead atoms. The summed E-state index contributed by atoms with van der Waals surface area (Å²) in [5.74, 6) is 2.70. The summed E-state index contributed by atoms with van der Waals surface area (Å²) in [6.45, 7) is 2.34. The number of unbranched alkanes of at least 4 members (excludes halogenated alkanes) is 1. The van der Waals surface area contributed by atoms with Gasteiger partial charge in [0, 0.05) is 5.02 Å². The zero-order valence-corrected chi connectivity index (χ0v) is 18.9. The van der Waals surface area contributed by atoms with Crippen molar-refractivity contribution in [3.8, 4) is 0 Å². The molecule has 29 heavy (non-hydrogen) atoms. The van der Waals surface area contributed by atoms with Crippen LogP contribution in [0.3, 0.4) is 0 Å². The summed E-state index contributed by atoms with van der Waals surface area (Å²) in [5.41, 5.74) is 5.66. The maximum Gasteiger partial charge on any atom is 0.0441 e. The summed E-state index contributed by atoms with van der Waals surface area (Å²) in [6.07, 6.45) is 16.1. The minimum atomic E-state index is 0.725. The van der Waals surface area contributed by atoms with Crippen molar-refractivity contribution in [3.05, 3.63) is 69.7 Å². The van der Waals surface area contributed by atoms with Crippen molar-refractivity contribution in [3.63, 3.8) is 0 Å². The van der Waals surface area contributed by atoms with Gasteiger partial charge in [-0.05, 0) is 78.2 Å². The fourth-order valence-corrected chi connectivity index (χ4v) is 5.35. The maximum absolute atomic E-state index is 6.59. The number of hydrogen-bond acceptors (Lipinski definition) is 0. The Kier molecular flexibility index (Phi) is 7.35. The number of halogens is 1. The molecule has 0 aliphatic heterocycles. The van der Waals surface area contributed by atoms with Crippen LogP contribution in [-0.2, 0) is 12.8 Å². The van der Waals surface area contributed by atoms with Gasteiger partial charge in [0.2, 0.25) is 0 Å². The smallest absolute Gasteiger partial charge is 0.0441 e. The lowest BCUT2D eigenvalue weighted by Gasteiger charge is -2.29. The molecule has 0 radical (unpaired) electrons. The van der Waals surface area contributed by atoms with Gasteiger partial charge >= 0.3 is 0 Å². The third-order valence-electron chi connectivity index (χ3n) is 7.34. The van der Waals surface area contributed by atoms with E-state index in [1.165, 1.54) is 92.9 Å². The van der Waals surface area contributed by atoms with Crippen LogP contribution < -0.4 is 0 Å². The third-order valence-corrected chi connectivity index (χ3v) is 7.71. The molecule has 2 aromatic carbocycles. The van der Waals surface area contributed by atoms with E-state index in [0.29, 0.717) is 0 Å². The van der Waals surface area contributed by atoms with Crippen LogP contribution in [0, 0.1) is 11.8 Å². The Balaban J connectivity index is 1.35. The molecule has 2 atom stereocenters. The standard InChI is InChI=1S/C28H37Cl/c1-2-21-8-5-9-25(18-21)26-16-17-28(29)27(20-26)19-24-14-12-23(13-15-24)7-4-3-6-22-10-11-22/h12-17,20-22,25H,2-11,18-19H2,1H3/t21-,25+/m1/s1. The Morgan fingerprint density at radius 1 is 0.862 bits per heavy atom. The molecule has 0 spiro atoms. The molecule has 2 aliphatic rings. The van der Waals surface area contributed by atoms with Crippen molar-refractivity contribution >= 4 is 11.6 Å². The van der Waals surface area contributed by atoms with Crippen LogP contribution in [0.4, 0.5) is 0 Å². The molecule has 4 rings (SSSR count). The van der Waals surface area contributed by atoms with Crippen LogP contribution >= 0.6 is 11.6 Å². The quantitative estimate of drug-likeness (QED) is 0.364. The van der Waals surface area contributed by atoms with Crippen molar-refractivity contribution in [2.45, 2.75) is 89.9 Å². The first-order chi connectivity index (χ1) is 14.2. The fourth-order valence-electron chi connectivity index (χ4n) is 5.16. The molecule has 1 heteroatoms. The summed E-state index contributed by atoms with van der Waals surface area (Å²) >= 11 is 6.59. The van der Waals surface area contributed by atoms with Crippen LogP contribution in [0.1, 0.15) is 99.3 Å². The first kappa shape index (κ1) is 21.0. The molecular weight excluding hydrogens is 372 g/mol. The van der Waals surface area contributed by atoms with E-state index < -0.39 is 0 Å². The maximum atomic E-state index is 6.59. The highest BCUT2D eigenvalue weighted by atomic mass is 35.5. The largest absolute Gasteiger partial charge is 0.0840 e. The van der Waals surface area contributed by atoms with E-state index in [9.17, 15) is 0 Å². The Morgan fingerprint density at radius 2 is 1.66 bits per heavy atom. The van der Waals surface area contributed by atoms with E-state index in [4.69, 9.17) is 11.6 Å². The van der Waals surface area contributed by atoms with Gasteiger partial charge in [0.1, 0.15) is 0 Å². The second kappa shape index (κ2) is 10.2. The third kappa shape index (κ3) is 6.11. The Morgan fingerprint density at radius 3 is 2.41 bits per heavy atom. The average molecular weight is 409 g/mol. The zero-order valence-electron chi connectivity index (χ0n) is 18.1. The van der Waals surface area contributed by atoms with Crippen LogP contribution in [0.5, 0.6) is 0 Å². The molecule has 0 amide bonds. The lowest BCUT2D eigenvalue weighted by molar-refractivity contribution is 0.314. The van der Waals surface area contributed by atoms with E-state index >= 15 is 0 Å². The molecule has 0 unspecified atom stereocenters. The van der Waals surface area contributed by atoms with Gasteiger partial charge in [-0.1, -0.05) is 99.9 Å². The van der Waals surface area contributed by atoms with Crippen molar-refractivity contribution in [2.24, 2.45) is 11.8 Å². The van der Waals surface area contributed by atoms with Gasteiger partial charge in [0.15, 0.2) is 0 Å². The van der Waals surface area contributed by atoms with Crippen molar-refractivity contribution in [1.29, 1.82) is 0 Å². The minimum absolute atomic E-state index is 0.725. The SMILES string of the molecule is CC[C@@H]1CCC[C@H](c2ccc(Cl)c(Cc3ccc(CCCCC4CC4)cc3)c2)C1. The highest BCUT2D eigenvalue weighted by molar-refractivity contribution is 6.31. The predicted octanol–water partition coefficient (Wildman–Crippen LogP) is 8.74. The van der Waals surface area contributed by atoms with Gasteiger partial charge in [0.05, 0.1) is 0 Å². The van der Waals surface area contributed by atoms with Crippen LogP contribution in [0.15, 0.2) is 42.5 Å². The van der Waals surface area contributed by atoms with Gasteiger partial charge in [-0.25, -0.2) is 0 Å². The van der Waals surface area contributed by atoms with Gasteiger partial charge in [0.25, 0.3) is 0 Å². The monoisotopic (exact) mass is 408 g/mol. The normalized spacial score (nSPS) is 22.0. The van der Waals surface area contributed by atoms with E-state index in [1.807, 2.05) is 0 Å². The lowest BCUT2D eigenvalue weighted by atomic mass is 9.77. The Labute approximate surface area is 183 Å². The number of aryl methyl sites for hydroxylation is 1. The van der Waals surface area contributed by atoms with Gasteiger partial charge in [-0.2, -0.15) is 0 Å². The molecule has 2 fully saturated rings. The van der Waals surface area contributed by atoms with E-state index in [0.717, 1.165) is 29.2 Å². The zero-order chi connectivity index (χ0) is 20.1. The van der Waals surface area contributed by atoms with Gasteiger partial charge in [-0.3, -0.25) is 0 Å². The van der Waals surface area contributed by atoms with E-state index in [1.54, 1.807) is 0 Å². The molecule has 0 heterocycles. The molecule has 0 aromatic heterocycles. The van der Waals surface area contributed by atoms with Crippen molar-refractivity contribution in [2.75, 3.05) is 0 Å². The minimum Gasteiger partial charge on any atom is -0.0840 e. The van der Waals surface area contributed by atoms with E-state index in [2.05, 4.69) is 49.4 Å². The highest BCUT2D eigenvalue weighted by Gasteiger charge is 2.22. The van der Waals surface area contributed by atoms with Crippen LogP contribution in [0.2, 0.25) is 5.02 Å². The second-order valence-corrected chi connectivity index (χ2v) is 10.1. The summed E-state index contributed by atoms with van der Waals surface area (Å²) < 4.78 is 0. The summed E-state index contributed by atoms with van der Waals surface area (Å²) in [7, 11) is 0. The molecule has 2 aliphatic carbocycles. The molecule has 156 valence electrons. The summed E-state index contributed by atoms with van der Waals surface area (Å²) in [5, 5.41) is 0.917.